The van der Waals surface area contributed by atoms with Gasteiger partial charge in [-0.2, -0.15) is 0 Å². The zero-order valence-electron chi connectivity index (χ0n) is 17.2. The molecule has 0 radical (unpaired) electrons. The summed E-state index contributed by atoms with van der Waals surface area (Å²) in [6, 6.07) is 13.2. The number of hydrogen-bond donors (Lipinski definition) is 1. The van der Waals surface area contributed by atoms with Crippen LogP contribution in [0.15, 0.2) is 61.2 Å². The van der Waals surface area contributed by atoms with Gasteiger partial charge in [-0.05, 0) is 29.8 Å². The Morgan fingerprint density at radius 1 is 1.03 bits per heavy atom. The van der Waals surface area contributed by atoms with E-state index < -0.39 is 16.6 Å². The molecule has 7 nitrogen and oxygen atoms in total. The van der Waals surface area contributed by atoms with Crippen LogP contribution in [0.2, 0.25) is 0 Å². The quantitative estimate of drug-likeness (QED) is 0.501. The van der Waals surface area contributed by atoms with Crippen LogP contribution >= 0.6 is 0 Å². The van der Waals surface area contributed by atoms with Gasteiger partial charge in [-0.1, -0.05) is 18.2 Å². The molecule has 0 saturated carbocycles. The fourth-order valence-corrected chi connectivity index (χ4v) is 4.73. The molecule has 0 aliphatic carbocycles. The van der Waals surface area contributed by atoms with E-state index in [0.717, 1.165) is 35.4 Å². The maximum atomic E-state index is 15.1. The first-order valence-electron chi connectivity index (χ1n) is 10.3. The summed E-state index contributed by atoms with van der Waals surface area (Å²) < 4.78 is 26.7. The lowest BCUT2D eigenvalue weighted by molar-refractivity contribution is 0.621. The lowest BCUT2D eigenvalue weighted by atomic mass is 10.1. The topological polar surface area (TPSA) is 83.9 Å². The summed E-state index contributed by atoms with van der Waals surface area (Å²) in [5.74, 6) is 1.86. The number of aromatic nitrogens is 4. The van der Waals surface area contributed by atoms with Crippen LogP contribution in [0.25, 0.3) is 22.2 Å². The highest BCUT2D eigenvalue weighted by Gasteiger charge is 2.17. The number of hydrogen-bond acceptors (Lipinski definition) is 7. The Kier molecular flexibility index (Phi) is 5.72. The fourth-order valence-electron chi connectivity index (χ4n) is 3.68. The fraction of sp³-hybridized carbons (Fsp3) is 0.217. The molecule has 32 heavy (non-hydrogen) atoms. The van der Waals surface area contributed by atoms with Crippen LogP contribution in [-0.2, 0) is 17.3 Å². The first kappa shape index (κ1) is 20.4. The molecule has 0 bridgehead atoms. The van der Waals surface area contributed by atoms with Crippen LogP contribution in [0.4, 0.5) is 16.0 Å². The summed E-state index contributed by atoms with van der Waals surface area (Å²) >= 11 is 0. The van der Waals surface area contributed by atoms with Crippen LogP contribution in [0.5, 0.6) is 0 Å². The third-order valence-electron chi connectivity index (χ3n) is 5.44. The number of pyridine rings is 2. The van der Waals surface area contributed by atoms with Gasteiger partial charge in [-0.25, -0.2) is 19.3 Å². The minimum atomic E-state index is -0.719. The van der Waals surface area contributed by atoms with E-state index in [2.05, 4.69) is 30.2 Å². The minimum Gasteiger partial charge on any atom is -0.363 e. The van der Waals surface area contributed by atoms with Crippen molar-refractivity contribution in [2.75, 3.05) is 34.8 Å². The molecular formula is C23H21FN6OS. The van der Waals surface area contributed by atoms with Gasteiger partial charge in [0.1, 0.15) is 17.8 Å². The van der Waals surface area contributed by atoms with Crippen LogP contribution in [0.3, 0.4) is 0 Å². The van der Waals surface area contributed by atoms with E-state index in [1.165, 1.54) is 6.33 Å². The lowest BCUT2D eigenvalue weighted by Gasteiger charge is -2.27. The van der Waals surface area contributed by atoms with E-state index in [1.54, 1.807) is 12.4 Å². The van der Waals surface area contributed by atoms with Gasteiger partial charge in [0.2, 0.25) is 0 Å². The van der Waals surface area contributed by atoms with Crippen molar-refractivity contribution in [1.82, 2.24) is 19.9 Å². The summed E-state index contributed by atoms with van der Waals surface area (Å²) in [5, 5.41) is 3.97. The average Bonchev–Trinajstić information content (AvgIpc) is 2.84. The van der Waals surface area contributed by atoms with E-state index in [0.29, 0.717) is 23.6 Å². The minimum absolute atomic E-state index is 0.142. The Hall–Kier alpha value is -3.46. The molecule has 1 aliphatic rings. The van der Waals surface area contributed by atoms with Gasteiger partial charge in [-0.15, -0.1) is 0 Å². The summed E-state index contributed by atoms with van der Waals surface area (Å²) in [7, 11) is -0.719. The molecule has 0 spiro atoms. The molecule has 4 aromatic rings. The van der Waals surface area contributed by atoms with Crippen molar-refractivity contribution in [2.24, 2.45) is 0 Å². The van der Waals surface area contributed by atoms with E-state index in [4.69, 9.17) is 0 Å². The number of rotatable bonds is 5. The number of anilines is 2. The number of halogens is 1. The predicted octanol–water partition coefficient (Wildman–Crippen LogP) is 3.41. The average molecular weight is 449 g/mol. The van der Waals surface area contributed by atoms with E-state index in [1.807, 2.05) is 42.5 Å². The Bertz CT molecular complexity index is 1270. The molecule has 0 amide bonds. The lowest BCUT2D eigenvalue weighted by Crippen LogP contribution is -2.38. The smallest absolute Gasteiger partial charge is 0.191 e. The van der Waals surface area contributed by atoms with Crippen LogP contribution in [0.1, 0.15) is 5.56 Å². The molecular weight excluding hydrogens is 427 g/mol. The Labute approximate surface area is 187 Å². The van der Waals surface area contributed by atoms with Gasteiger partial charge in [0, 0.05) is 65.3 Å². The highest BCUT2D eigenvalue weighted by Crippen LogP contribution is 2.27. The second-order valence-corrected chi connectivity index (χ2v) is 9.21. The number of nitrogens with one attached hydrogen (secondary N) is 1. The van der Waals surface area contributed by atoms with Gasteiger partial charge in [0.15, 0.2) is 11.6 Å². The SMILES string of the molecule is O=S1CCN(c2ccc(CNc3ncnc(-c4ccc5ncccc5c4)c3F)cn2)CC1. The van der Waals surface area contributed by atoms with Crippen molar-refractivity contribution in [3.05, 3.63) is 72.6 Å². The Balaban J connectivity index is 1.30. The Morgan fingerprint density at radius 3 is 2.72 bits per heavy atom. The third kappa shape index (κ3) is 4.29. The molecule has 1 aliphatic heterocycles. The molecule has 5 rings (SSSR count). The molecule has 1 saturated heterocycles. The molecule has 0 atom stereocenters. The highest BCUT2D eigenvalue weighted by molar-refractivity contribution is 7.85. The van der Waals surface area contributed by atoms with Crippen molar-refractivity contribution in [3.8, 4) is 11.3 Å². The molecule has 4 heterocycles. The number of nitrogens with zero attached hydrogens (tertiary/aromatic N) is 5. The second kappa shape index (κ2) is 8.96. The maximum Gasteiger partial charge on any atom is 0.191 e. The molecule has 3 aromatic heterocycles. The maximum absolute atomic E-state index is 15.1. The van der Waals surface area contributed by atoms with Crippen molar-refractivity contribution in [3.63, 3.8) is 0 Å². The van der Waals surface area contributed by atoms with Gasteiger partial charge >= 0.3 is 0 Å². The molecule has 162 valence electrons. The standard InChI is InChI=1S/C23H21FN6OS/c24-21-22(18-4-5-19-17(12-18)2-1-7-25-19)28-15-29-23(21)27-14-16-3-6-20(26-13-16)30-8-10-32(31)11-9-30/h1-7,12-13,15H,8-11,14H2,(H,27,28,29). The highest BCUT2D eigenvalue weighted by atomic mass is 32.2. The van der Waals surface area contributed by atoms with Crippen LogP contribution in [0, 0.1) is 5.82 Å². The van der Waals surface area contributed by atoms with Crippen LogP contribution < -0.4 is 10.2 Å². The predicted molar refractivity (Wildman–Crippen MR) is 124 cm³/mol. The zero-order chi connectivity index (χ0) is 21.9. The molecule has 1 fully saturated rings. The normalized spacial score (nSPS) is 14.6. The molecule has 9 heteroatoms. The van der Waals surface area contributed by atoms with E-state index in [-0.39, 0.29) is 11.5 Å². The first-order chi connectivity index (χ1) is 15.7. The van der Waals surface area contributed by atoms with Gasteiger partial charge in [-0.3, -0.25) is 9.19 Å². The van der Waals surface area contributed by atoms with Crippen molar-refractivity contribution < 1.29 is 8.60 Å². The third-order valence-corrected chi connectivity index (χ3v) is 6.71. The first-order valence-corrected chi connectivity index (χ1v) is 11.8. The van der Waals surface area contributed by atoms with Gasteiger partial charge < -0.3 is 10.2 Å². The second-order valence-electron chi connectivity index (χ2n) is 7.51. The summed E-state index contributed by atoms with van der Waals surface area (Å²) in [4.78, 5) is 19.2. The Morgan fingerprint density at radius 2 is 1.91 bits per heavy atom. The largest absolute Gasteiger partial charge is 0.363 e. The van der Waals surface area contributed by atoms with Crippen molar-refractivity contribution in [2.45, 2.75) is 6.54 Å². The zero-order valence-corrected chi connectivity index (χ0v) is 18.1. The number of benzene rings is 1. The monoisotopic (exact) mass is 448 g/mol. The van der Waals surface area contributed by atoms with Gasteiger partial charge in [0.25, 0.3) is 0 Å². The van der Waals surface area contributed by atoms with Gasteiger partial charge in [0.05, 0.1) is 5.52 Å². The van der Waals surface area contributed by atoms with E-state index in [9.17, 15) is 4.21 Å². The molecule has 1 N–H and O–H groups in total. The number of fused-ring (bicyclic) bond motifs is 1. The summed E-state index contributed by atoms with van der Waals surface area (Å²) in [6.07, 6.45) is 4.85. The van der Waals surface area contributed by atoms with Crippen LogP contribution in [-0.4, -0.2) is 48.7 Å². The van der Waals surface area contributed by atoms with Crippen molar-refractivity contribution >= 4 is 33.3 Å². The summed E-state index contributed by atoms with van der Waals surface area (Å²) in [5.41, 5.74) is 2.66. The van der Waals surface area contributed by atoms with Crippen molar-refractivity contribution in [1.29, 1.82) is 0 Å². The van der Waals surface area contributed by atoms with E-state index >= 15 is 4.39 Å². The summed E-state index contributed by atoms with van der Waals surface area (Å²) in [6.45, 7) is 1.88. The molecule has 0 unspecified atom stereocenters. The molecule has 1 aromatic carbocycles.